The number of thioether (sulfide) groups is 1. The number of rotatable bonds is 12. The summed E-state index contributed by atoms with van der Waals surface area (Å²) in [5.74, 6) is -1.01. The summed E-state index contributed by atoms with van der Waals surface area (Å²) in [5, 5.41) is 8.39. The van der Waals surface area contributed by atoms with Gasteiger partial charge in [0.2, 0.25) is 5.91 Å². The van der Waals surface area contributed by atoms with Gasteiger partial charge < -0.3 is 20.9 Å². The highest BCUT2D eigenvalue weighted by Gasteiger charge is 2.24. The molecule has 0 aliphatic rings. The third kappa shape index (κ3) is 9.27. The van der Waals surface area contributed by atoms with Crippen LogP contribution in [0, 0.1) is 6.92 Å². The van der Waals surface area contributed by atoms with Crippen molar-refractivity contribution < 1.29 is 14.4 Å². The minimum atomic E-state index is -0.554. The maximum absolute atomic E-state index is 13.9. The summed E-state index contributed by atoms with van der Waals surface area (Å²) < 4.78 is 0. The van der Waals surface area contributed by atoms with Crippen LogP contribution in [0.5, 0.6) is 0 Å². The molecule has 0 aliphatic carbocycles. The molecule has 7 nitrogen and oxygen atoms in total. The quantitative estimate of drug-likeness (QED) is 0.0917. The average molecular weight is 669 g/mol. The lowest BCUT2D eigenvalue weighted by atomic mass is 10.1. The lowest BCUT2D eigenvalue weighted by molar-refractivity contribution is -0.116. The highest BCUT2D eigenvalue weighted by molar-refractivity contribution is 8.00. The molecular weight excluding hydrogens is 629 g/mol. The van der Waals surface area contributed by atoms with Crippen LogP contribution < -0.4 is 20.9 Å². The Labute approximate surface area is 292 Å². The molecule has 0 aliphatic heterocycles. The van der Waals surface area contributed by atoms with E-state index in [-0.39, 0.29) is 11.6 Å². The molecule has 8 heteroatoms. The van der Waals surface area contributed by atoms with Crippen molar-refractivity contribution in [1.82, 2.24) is 5.32 Å². The van der Waals surface area contributed by atoms with Crippen LogP contribution in [0.4, 0.5) is 17.1 Å². The minimum Gasteiger partial charge on any atom is -0.378 e. The van der Waals surface area contributed by atoms with Crippen molar-refractivity contribution in [3.63, 3.8) is 0 Å². The number of benzene rings is 5. The Bertz CT molecular complexity index is 1940. The van der Waals surface area contributed by atoms with Crippen molar-refractivity contribution in [1.29, 1.82) is 0 Å². The molecule has 0 radical (unpaired) electrons. The first-order valence-electron chi connectivity index (χ1n) is 16.1. The van der Waals surface area contributed by atoms with Gasteiger partial charge >= 0.3 is 0 Å². The molecule has 0 spiro atoms. The van der Waals surface area contributed by atoms with Gasteiger partial charge in [0, 0.05) is 41.6 Å². The third-order valence-electron chi connectivity index (χ3n) is 7.92. The molecule has 0 heterocycles. The Morgan fingerprint density at radius 3 is 2.12 bits per heavy atom. The van der Waals surface area contributed by atoms with Gasteiger partial charge in [-0.15, -0.1) is 11.8 Å². The van der Waals surface area contributed by atoms with Gasteiger partial charge in [-0.3, -0.25) is 14.4 Å². The fourth-order valence-corrected chi connectivity index (χ4v) is 6.33. The molecule has 5 aromatic rings. The largest absolute Gasteiger partial charge is 0.378 e. The van der Waals surface area contributed by atoms with Gasteiger partial charge in [-0.2, -0.15) is 0 Å². The highest BCUT2D eigenvalue weighted by Crippen LogP contribution is 2.38. The second-order valence-corrected chi connectivity index (χ2v) is 12.9. The summed E-state index contributed by atoms with van der Waals surface area (Å²) in [6.45, 7) is 4.07. The van der Waals surface area contributed by atoms with Crippen molar-refractivity contribution in [2.45, 2.75) is 30.4 Å². The van der Waals surface area contributed by atoms with Gasteiger partial charge in [-0.25, -0.2) is 0 Å². The Hall–Kier alpha value is -5.60. The number of carbonyl (C=O) groups is 3. The summed E-state index contributed by atoms with van der Waals surface area (Å²) in [6.07, 6.45) is 2.45. The molecule has 248 valence electrons. The van der Waals surface area contributed by atoms with Gasteiger partial charge in [0.25, 0.3) is 11.8 Å². The first-order valence-corrected chi connectivity index (χ1v) is 17.0. The number of carbonyl (C=O) groups excluding carboxylic acids is 3. The SMILES string of the molecule is CCc1cccc(C)c1NC(=O)C(Sc1cccc(NC(=O)/C(=C\c2ccc(N(C)C)cc2)NC(=O)c2ccccc2)c1)c1ccccc1. The smallest absolute Gasteiger partial charge is 0.272 e. The van der Waals surface area contributed by atoms with Crippen LogP contribution >= 0.6 is 11.8 Å². The van der Waals surface area contributed by atoms with Gasteiger partial charge in [0.1, 0.15) is 10.9 Å². The Morgan fingerprint density at radius 2 is 1.45 bits per heavy atom. The number of para-hydroxylation sites is 1. The first kappa shape index (κ1) is 34.7. The highest BCUT2D eigenvalue weighted by atomic mass is 32.2. The van der Waals surface area contributed by atoms with Crippen LogP contribution in [0.15, 0.2) is 138 Å². The predicted molar refractivity (Wildman–Crippen MR) is 202 cm³/mol. The van der Waals surface area contributed by atoms with Crippen molar-refractivity contribution in [2.24, 2.45) is 0 Å². The molecule has 3 amide bonds. The summed E-state index contributed by atoms with van der Waals surface area (Å²) in [6, 6.07) is 39.5. The molecule has 0 fully saturated rings. The topological polar surface area (TPSA) is 90.5 Å². The molecule has 0 bridgehead atoms. The second kappa shape index (κ2) is 16.5. The standard InChI is InChI=1S/C41H40N4O3S/c1-5-30-19-12-14-28(2)37(30)44-41(48)38(31-15-8-6-9-16-31)49-35-21-13-20-33(27-35)42-40(47)36(43-39(46)32-17-10-7-11-18-32)26-29-22-24-34(25-23-29)45(3)4/h6-27,38H,5H2,1-4H3,(H,42,47)(H,43,46)(H,44,48)/b36-26+. The Balaban J connectivity index is 1.39. The first-order chi connectivity index (χ1) is 23.7. The van der Waals surface area contributed by atoms with Crippen molar-refractivity contribution in [3.8, 4) is 0 Å². The zero-order chi connectivity index (χ0) is 34.8. The van der Waals surface area contributed by atoms with Crippen molar-refractivity contribution in [2.75, 3.05) is 29.6 Å². The predicted octanol–water partition coefficient (Wildman–Crippen LogP) is 8.51. The van der Waals surface area contributed by atoms with E-state index in [9.17, 15) is 14.4 Å². The molecule has 0 aromatic heterocycles. The van der Waals surface area contributed by atoms with E-state index in [1.807, 2.05) is 123 Å². The molecule has 5 rings (SSSR count). The number of nitrogens with one attached hydrogen (secondary N) is 3. The lowest BCUT2D eigenvalue weighted by Crippen LogP contribution is -2.30. The molecule has 1 atom stereocenters. The third-order valence-corrected chi connectivity index (χ3v) is 9.17. The van der Waals surface area contributed by atoms with Gasteiger partial charge in [-0.1, -0.05) is 91.9 Å². The zero-order valence-electron chi connectivity index (χ0n) is 28.1. The molecule has 5 aromatic carbocycles. The van der Waals surface area contributed by atoms with Crippen LogP contribution in [0.25, 0.3) is 6.08 Å². The van der Waals surface area contributed by atoms with E-state index in [1.165, 1.54) is 11.8 Å². The average Bonchev–Trinajstić information content (AvgIpc) is 3.12. The van der Waals surface area contributed by atoms with Crippen LogP contribution in [0.1, 0.15) is 44.8 Å². The monoisotopic (exact) mass is 668 g/mol. The number of hydrogen-bond acceptors (Lipinski definition) is 5. The fraction of sp³-hybridized carbons (Fsp3) is 0.146. The number of aryl methyl sites for hydroxylation is 2. The van der Waals surface area contributed by atoms with Gasteiger partial charge in [0.05, 0.1) is 0 Å². The zero-order valence-corrected chi connectivity index (χ0v) is 28.9. The van der Waals surface area contributed by atoms with E-state index in [4.69, 9.17) is 0 Å². The summed E-state index contributed by atoms with van der Waals surface area (Å²) in [4.78, 5) is 43.5. The van der Waals surface area contributed by atoms with E-state index >= 15 is 0 Å². The van der Waals surface area contributed by atoms with E-state index in [2.05, 4.69) is 22.9 Å². The number of nitrogens with zero attached hydrogens (tertiary/aromatic N) is 1. The van der Waals surface area contributed by atoms with Crippen LogP contribution in [-0.2, 0) is 16.0 Å². The van der Waals surface area contributed by atoms with Gasteiger partial charge in [-0.05, 0) is 84.1 Å². The Kier molecular flexibility index (Phi) is 11.7. The summed E-state index contributed by atoms with van der Waals surface area (Å²) >= 11 is 1.40. The molecule has 3 N–H and O–H groups in total. The summed E-state index contributed by atoms with van der Waals surface area (Å²) in [5.41, 5.74) is 6.60. The molecule has 49 heavy (non-hydrogen) atoms. The number of amides is 3. The van der Waals surface area contributed by atoms with Crippen LogP contribution in [-0.4, -0.2) is 31.8 Å². The minimum absolute atomic E-state index is 0.0935. The maximum Gasteiger partial charge on any atom is 0.272 e. The van der Waals surface area contributed by atoms with E-state index in [0.29, 0.717) is 11.3 Å². The summed E-state index contributed by atoms with van der Waals surface area (Å²) in [7, 11) is 3.91. The molecule has 1 unspecified atom stereocenters. The Morgan fingerprint density at radius 1 is 0.776 bits per heavy atom. The van der Waals surface area contributed by atoms with Crippen molar-refractivity contribution >= 4 is 52.6 Å². The molecular formula is C41H40N4O3S. The second-order valence-electron chi connectivity index (χ2n) is 11.7. The van der Waals surface area contributed by atoms with Crippen molar-refractivity contribution in [3.05, 3.63) is 161 Å². The molecule has 0 saturated carbocycles. The van der Waals surface area contributed by atoms with Crippen LogP contribution in [0.3, 0.4) is 0 Å². The lowest BCUT2D eigenvalue weighted by Gasteiger charge is -2.20. The van der Waals surface area contributed by atoms with Crippen LogP contribution in [0.2, 0.25) is 0 Å². The van der Waals surface area contributed by atoms with Gasteiger partial charge in [0.15, 0.2) is 0 Å². The number of anilines is 3. The molecule has 0 saturated heterocycles. The number of hydrogen-bond donors (Lipinski definition) is 3. The fourth-order valence-electron chi connectivity index (χ4n) is 5.25. The van der Waals surface area contributed by atoms with E-state index < -0.39 is 17.1 Å². The normalized spacial score (nSPS) is 11.7. The van der Waals surface area contributed by atoms with E-state index in [0.717, 1.165) is 44.9 Å². The maximum atomic E-state index is 13.9. The van der Waals surface area contributed by atoms with E-state index in [1.54, 1.807) is 36.4 Å².